The third kappa shape index (κ3) is 3.98. The summed E-state index contributed by atoms with van der Waals surface area (Å²) in [6, 6.07) is 4.27. The van der Waals surface area contributed by atoms with Crippen molar-refractivity contribution in [3.63, 3.8) is 0 Å². The summed E-state index contributed by atoms with van der Waals surface area (Å²) in [6.45, 7) is 5.48. The van der Waals surface area contributed by atoms with Gasteiger partial charge in [-0.25, -0.2) is 4.39 Å². The number of nitrogens with one attached hydrogen (secondary N) is 1. The summed E-state index contributed by atoms with van der Waals surface area (Å²) in [5.41, 5.74) is 1.30. The number of carbonyl (C=O) groups excluding carboxylic acids is 1. The Morgan fingerprint density at radius 2 is 2.19 bits per heavy atom. The fourth-order valence-electron chi connectivity index (χ4n) is 1.16. The molecule has 0 radical (unpaired) electrons. The van der Waals surface area contributed by atoms with Crippen molar-refractivity contribution in [2.75, 3.05) is 11.9 Å². The average molecular weight is 225 g/mol. The smallest absolute Gasteiger partial charge is 0.250 e. The van der Waals surface area contributed by atoms with Crippen LogP contribution in [0.2, 0.25) is 0 Å². The van der Waals surface area contributed by atoms with Gasteiger partial charge in [0.15, 0.2) is 0 Å². The van der Waals surface area contributed by atoms with Crippen molar-refractivity contribution in [1.82, 2.24) is 0 Å². The van der Waals surface area contributed by atoms with Crippen LogP contribution in [-0.2, 0) is 9.53 Å². The largest absolute Gasteiger partial charge is 0.369 e. The van der Waals surface area contributed by atoms with E-state index in [4.69, 9.17) is 4.74 Å². The molecule has 3 nitrogen and oxygen atoms in total. The number of anilines is 1. The lowest BCUT2D eigenvalue weighted by atomic mass is 10.2. The SMILES string of the molecule is Cc1ccc(F)cc1NC(=O)COC(C)C. The molecule has 0 aromatic heterocycles. The third-order valence-electron chi connectivity index (χ3n) is 2.02. The molecule has 0 aliphatic carbocycles. The molecule has 0 spiro atoms. The topological polar surface area (TPSA) is 38.3 Å². The highest BCUT2D eigenvalue weighted by atomic mass is 19.1. The van der Waals surface area contributed by atoms with E-state index >= 15 is 0 Å². The van der Waals surface area contributed by atoms with Crippen molar-refractivity contribution < 1.29 is 13.9 Å². The lowest BCUT2D eigenvalue weighted by Gasteiger charge is -2.10. The second-order valence-electron chi connectivity index (χ2n) is 3.87. The monoisotopic (exact) mass is 225 g/mol. The number of aryl methyl sites for hydroxylation is 1. The third-order valence-corrected chi connectivity index (χ3v) is 2.02. The van der Waals surface area contributed by atoms with Gasteiger partial charge in [-0.3, -0.25) is 4.79 Å². The van der Waals surface area contributed by atoms with Crippen molar-refractivity contribution in [2.45, 2.75) is 26.9 Å². The molecule has 0 atom stereocenters. The summed E-state index contributed by atoms with van der Waals surface area (Å²) in [6.07, 6.45) is -0.000596. The Balaban J connectivity index is 2.59. The van der Waals surface area contributed by atoms with E-state index in [0.29, 0.717) is 5.69 Å². The van der Waals surface area contributed by atoms with E-state index < -0.39 is 0 Å². The maximum atomic E-state index is 12.9. The van der Waals surface area contributed by atoms with Crippen molar-refractivity contribution in [3.8, 4) is 0 Å². The molecule has 0 unspecified atom stereocenters. The van der Waals surface area contributed by atoms with Gasteiger partial charge >= 0.3 is 0 Å². The highest BCUT2D eigenvalue weighted by Gasteiger charge is 2.06. The van der Waals surface area contributed by atoms with Gasteiger partial charge in [-0.15, -0.1) is 0 Å². The molecule has 0 heterocycles. The van der Waals surface area contributed by atoms with Gasteiger partial charge in [0.05, 0.1) is 6.10 Å². The van der Waals surface area contributed by atoms with E-state index in [1.165, 1.54) is 12.1 Å². The van der Waals surface area contributed by atoms with Gasteiger partial charge in [-0.05, 0) is 38.5 Å². The number of ether oxygens (including phenoxy) is 1. The van der Waals surface area contributed by atoms with Gasteiger partial charge in [0.25, 0.3) is 0 Å². The zero-order valence-electron chi connectivity index (χ0n) is 9.71. The zero-order chi connectivity index (χ0) is 12.1. The van der Waals surface area contributed by atoms with Crippen molar-refractivity contribution in [2.24, 2.45) is 0 Å². The average Bonchev–Trinajstić information content (AvgIpc) is 2.20. The van der Waals surface area contributed by atoms with Crippen molar-refractivity contribution in [3.05, 3.63) is 29.6 Å². The molecule has 1 aromatic carbocycles. The van der Waals surface area contributed by atoms with Gasteiger partial charge in [-0.1, -0.05) is 6.07 Å². The summed E-state index contributed by atoms with van der Waals surface area (Å²) in [5, 5.41) is 2.60. The fourth-order valence-corrected chi connectivity index (χ4v) is 1.16. The first kappa shape index (κ1) is 12.6. The second kappa shape index (κ2) is 5.61. The molecular weight excluding hydrogens is 209 g/mol. The number of rotatable bonds is 4. The quantitative estimate of drug-likeness (QED) is 0.855. The maximum Gasteiger partial charge on any atom is 0.250 e. The Bertz CT molecular complexity index is 377. The first-order valence-electron chi connectivity index (χ1n) is 5.16. The molecule has 0 aliphatic rings. The van der Waals surface area contributed by atoms with Crippen LogP contribution in [0.1, 0.15) is 19.4 Å². The molecule has 0 saturated heterocycles. The van der Waals surface area contributed by atoms with Crippen LogP contribution in [0.5, 0.6) is 0 Å². The van der Waals surface area contributed by atoms with Crippen LogP contribution in [0, 0.1) is 12.7 Å². The fraction of sp³-hybridized carbons (Fsp3) is 0.417. The van der Waals surface area contributed by atoms with Gasteiger partial charge in [0, 0.05) is 5.69 Å². The predicted octanol–water partition coefficient (Wildman–Crippen LogP) is 2.50. The molecule has 0 saturated carbocycles. The molecule has 0 bridgehead atoms. The molecule has 1 N–H and O–H groups in total. The maximum absolute atomic E-state index is 12.9. The van der Waals surface area contributed by atoms with E-state index in [9.17, 15) is 9.18 Å². The number of benzene rings is 1. The van der Waals surface area contributed by atoms with Crippen molar-refractivity contribution >= 4 is 11.6 Å². The standard InChI is InChI=1S/C12H16FNO2/c1-8(2)16-7-12(15)14-11-6-10(13)5-4-9(11)3/h4-6,8H,7H2,1-3H3,(H,14,15). The number of hydrogen-bond acceptors (Lipinski definition) is 2. The molecular formula is C12H16FNO2. The van der Waals surface area contributed by atoms with Crippen LogP contribution in [0.25, 0.3) is 0 Å². The molecule has 1 rings (SSSR count). The van der Waals surface area contributed by atoms with Crippen LogP contribution < -0.4 is 5.32 Å². The summed E-state index contributed by atoms with van der Waals surface area (Å²) in [5.74, 6) is -0.645. The lowest BCUT2D eigenvalue weighted by molar-refractivity contribution is -0.121. The zero-order valence-corrected chi connectivity index (χ0v) is 9.71. The first-order chi connectivity index (χ1) is 7.49. The number of amides is 1. The highest BCUT2D eigenvalue weighted by molar-refractivity contribution is 5.92. The van der Waals surface area contributed by atoms with Crippen LogP contribution >= 0.6 is 0 Å². The van der Waals surface area contributed by atoms with Gasteiger partial charge in [0.2, 0.25) is 5.91 Å². The van der Waals surface area contributed by atoms with E-state index in [1.807, 2.05) is 13.8 Å². The molecule has 1 amide bonds. The molecule has 0 fully saturated rings. The molecule has 0 aliphatic heterocycles. The number of carbonyl (C=O) groups is 1. The minimum atomic E-state index is -0.370. The van der Waals surface area contributed by atoms with E-state index in [2.05, 4.69) is 5.32 Å². The first-order valence-corrected chi connectivity index (χ1v) is 5.16. The van der Waals surface area contributed by atoms with Crippen LogP contribution in [0.4, 0.5) is 10.1 Å². The van der Waals surface area contributed by atoms with Crippen LogP contribution in [-0.4, -0.2) is 18.6 Å². The number of hydrogen-bond donors (Lipinski definition) is 1. The Kier molecular flexibility index (Phi) is 4.43. The Morgan fingerprint density at radius 3 is 2.81 bits per heavy atom. The summed E-state index contributed by atoms with van der Waals surface area (Å²) in [4.78, 5) is 11.4. The molecule has 4 heteroatoms. The van der Waals surface area contributed by atoms with E-state index in [1.54, 1.807) is 13.0 Å². The summed E-state index contributed by atoms with van der Waals surface area (Å²) >= 11 is 0. The van der Waals surface area contributed by atoms with Gasteiger partial charge in [0.1, 0.15) is 12.4 Å². The highest BCUT2D eigenvalue weighted by Crippen LogP contribution is 2.15. The minimum absolute atomic E-state index is 0.000596. The normalized spacial score (nSPS) is 10.6. The Hall–Kier alpha value is -1.42. The predicted molar refractivity (Wildman–Crippen MR) is 60.9 cm³/mol. The minimum Gasteiger partial charge on any atom is -0.369 e. The van der Waals surface area contributed by atoms with Crippen LogP contribution in [0.3, 0.4) is 0 Å². The van der Waals surface area contributed by atoms with Crippen molar-refractivity contribution in [1.29, 1.82) is 0 Å². The summed E-state index contributed by atoms with van der Waals surface area (Å²) in [7, 11) is 0. The van der Waals surface area contributed by atoms with Crippen LogP contribution in [0.15, 0.2) is 18.2 Å². The van der Waals surface area contributed by atoms with Gasteiger partial charge < -0.3 is 10.1 Å². The lowest BCUT2D eigenvalue weighted by Crippen LogP contribution is -2.21. The Morgan fingerprint density at radius 1 is 1.50 bits per heavy atom. The summed E-state index contributed by atoms with van der Waals surface area (Å²) < 4.78 is 18.1. The van der Waals surface area contributed by atoms with E-state index in [0.717, 1.165) is 5.56 Å². The molecule has 88 valence electrons. The molecule has 1 aromatic rings. The Labute approximate surface area is 94.6 Å². The second-order valence-corrected chi connectivity index (χ2v) is 3.87. The number of halogens is 1. The van der Waals surface area contributed by atoms with E-state index in [-0.39, 0.29) is 24.4 Å². The molecule has 16 heavy (non-hydrogen) atoms. The van der Waals surface area contributed by atoms with Gasteiger partial charge in [-0.2, -0.15) is 0 Å².